The second kappa shape index (κ2) is 4.00. The maximum atomic E-state index is 11.9. The minimum atomic E-state index is -0.317. The van der Waals surface area contributed by atoms with Crippen LogP contribution in [0.15, 0.2) is 0 Å². The maximum absolute atomic E-state index is 11.9. The number of nitrogens with one attached hydrogen (secondary N) is 2. The molecule has 2 aliphatic rings. The predicted molar refractivity (Wildman–Crippen MR) is 68.2 cm³/mol. The Morgan fingerprint density at radius 1 is 1.29 bits per heavy atom. The van der Waals surface area contributed by atoms with Crippen molar-refractivity contribution >= 4 is 11.9 Å². The van der Waals surface area contributed by atoms with Gasteiger partial charge in [-0.2, -0.15) is 0 Å². The first-order valence-corrected chi connectivity index (χ1v) is 6.59. The quantitative estimate of drug-likeness (QED) is 0.762. The van der Waals surface area contributed by atoms with Gasteiger partial charge in [-0.25, -0.2) is 4.79 Å². The van der Waals surface area contributed by atoms with Crippen molar-refractivity contribution in [1.29, 1.82) is 5.41 Å². The van der Waals surface area contributed by atoms with Crippen LogP contribution in [0.25, 0.3) is 0 Å². The summed E-state index contributed by atoms with van der Waals surface area (Å²) in [6, 6.07) is -0.0726. The third-order valence-corrected chi connectivity index (χ3v) is 4.34. The number of carbonyl (C=O) groups excluding carboxylic acids is 1. The van der Waals surface area contributed by atoms with Crippen molar-refractivity contribution in [2.45, 2.75) is 58.4 Å². The Labute approximate surface area is 103 Å². The van der Waals surface area contributed by atoms with Gasteiger partial charge in [0.1, 0.15) is 11.4 Å². The van der Waals surface area contributed by atoms with Crippen molar-refractivity contribution < 1.29 is 4.79 Å². The molecule has 1 saturated heterocycles. The molecular formula is C13H23N3O. The molecule has 0 atom stereocenters. The first-order valence-electron chi connectivity index (χ1n) is 6.59. The molecule has 0 aromatic heterocycles. The molecular weight excluding hydrogens is 214 g/mol. The molecule has 4 nitrogen and oxygen atoms in total. The SMILES string of the molecule is CCCN1C(=O)NC(=N)C12CCC(C)(C)CC2. The molecule has 1 aliphatic heterocycles. The van der Waals surface area contributed by atoms with Gasteiger partial charge in [0.15, 0.2) is 0 Å². The molecule has 1 heterocycles. The lowest BCUT2D eigenvalue weighted by atomic mass is 9.68. The topological polar surface area (TPSA) is 56.2 Å². The van der Waals surface area contributed by atoms with Gasteiger partial charge in [-0.1, -0.05) is 20.8 Å². The largest absolute Gasteiger partial charge is 0.323 e. The van der Waals surface area contributed by atoms with Gasteiger partial charge >= 0.3 is 6.03 Å². The first-order chi connectivity index (χ1) is 7.91. The number of nitrogens with zero attached hydrogens (tertiary/aromatic N) is 1. The van der Waals surface area contributed by atoms with Crippen LogP contribution in [0, 0.1) is 10.8 Å². The van der Waals surface area contributed by atoms with E-state index in [2.05, 4.69) is 26.1 Å². The zero-order valence-corrected chi connectivity index (χ0v) is 11.1. The summed E-state index contributed by atoms with van der Waals surface area (Å²) in [5.41, 5.74) is 0.0394. The van der Waals surface area contributed by atoms with Gasteiger partial charge in [0.25, 0.3) is 0 Å². The van der Waals surface area contributed by atoms with Crippen LogP contribution in [0.3, 0.4) is 0 Å². The normalized spacial score (nSPS) is 26.4. The minimum Gasteiger partial charge on any atom is -0.312 e. The lowest BCUT2D eigenvalue weighted by Crippen LogP contribution is -2.52. The van der Waals surface area contributed by atoms with Crippen LogP contribution in [0.1, 0.15) is 52.9 Å². The number of urea groups is 1. The molecule has 0 radical (unpaired) electrons. The summed E-state index contributed by atoms with van der Waals surface area (Å²) in [5, 5.41) is 10.8. The van der Waals surface area contributed by atoms with Crippen LogP contribution < -0.4 is 5.32 Å². The van der Waals surface area contributed by atoms with E-state index >= 15 is 0 Å². The summed E-state index contributed by atoms with van der Waals surface area (Å²) in [6.45, 7) is 7.39. The van der Waals surface area contributed by atoms with Gasteiger partial charge < -0.3 is 4.90 Å². The Morgan fingerprint density at radius 3 is 2.41 bits per heavy atom. The Morgan fingerprint density at radius 2 is 1.88 bits per heavy atom. The molecule has 4 heteroatoms. The average Bonchev–Trinajstić information content (AvgIpc) is 2.47. The third-order valence-electron chi connectivity index (χ3n) is 4.34. The number of hydrogen-bond acceptors (Lipinski definition) is 2. The standard InChI is InChI=1S/C13H23N3O/c1-4-9-16-11(17)15-10(14)13(16)7-5-12(2,3)6-8-13/h4-9H2,1-3H3,(H2,14,15,17). The molecule has 1 aliphatic carbocycles. The van der Waals surface area contributed by atoms with Crippen molar-refractivity contribution in [3.63, 3.8) is 0 Å². The van der Waals surface area contributed by atoms with E-state index in [9.17, 15) is 4.79 Å². The molecule has 1 spiro atoms. The van der Waals surface area contributed by atoms with Gasteiger partial charge in [0.05, 0.1) is 0 Å². The average molecular weight is 237 g/mol. The van der Waals surface area contributed by atoms with Crippen molar-refractivity contribution in [3.05, 3.63) is 0 Å². The number of hydrogen-bond donors (Lipinski definition) is 2. The number of amides is 2. The smallest absolute Gasteiger partial charge is 0.312 e. The lowest BCUT2D eigenvalue weighted by Gasteiger charge is -2.44. The van der Waals surface area contributed by atoms with Crippen molar-refractivity contribution in [2.24, 2.45) is 5.41 Å². The molecule has 0 aromatic carbocycles. The zero-order chi connectivity index (χ0) is 12.7. The summed E-state index contributed by atoms with van der Waals surface area (Å²) >= 11 is 0. The van der Waals surface area contributed by atoms with Crippen LogP contribution >= 0.6 is 0 Å². The van der Waals surface area contributed by atoms with Gasteiger partial charge in [0, 0.05) is 6.54 Å². The highest BCUT2D eigenvalue weighted by molar-refractivity contribution is 6.08. The fraction of sp³-hybridized carbons (Fsp3) is 0.846. The van der Waals surface area contributed by atoms with E-state index in [4.69, 9.17) is 5.41 Å². The summed E-state index contributed by atoms with van der Waals surface area (Å²) in [7, 11) is 0. The minimum absolute atomic E-state index is 0.0726. The molecule has 2 fully saturated rings. The van der Waals surface area contributed by atoms with Gasteiger partial charge in [-0.15, -0.1) is 0 Å². The van der Waals surface area contributed by atoms with Crippen molar-refractivity contribution in [3.8, 4) is 0 Å². The van der Waals surface area contributed by atoms with E-state index in [-0.39, 0.29) is 11.6 Å². The first kappa shape index (κ1) is 12.4. The summed E-state index contributed by atoms with van der Waals surface area (Å²) in [6.07, 6.45) is 4.98. The number of rotatable bonds is 2. The fourth-order valence-corrected chi connectivity index (χ4v) is 3.02. The maximum Gasteiger partial charge on any atom is 0.323 e. The van der Waals surface area contributed by atoms with Crippen LogP contribution in [0.4, 0.5) is 4.79 Å². The highest BCUT2D eigenvalue weighted by atomic mass is 16.2. The van der Waals surface area contributed by atoms with Gasteiger partial charge in [-0.05, 0) is 37.5 Å². The number of amidine groups is 1. The second-order valence-corrected chi connectivity index (χ2v) is 6.15. The number of carbonyl (C=O) groups is 1. The molecule has 96 valence electrons. The Kier molecular flexibility index (Phi) is 2.92. The molecule has 0 unspecified atom stereocenters. The molecule has 2 amide bonds. The van der Waals surface area contributed by atoms with E-state index in [0.29, 0.717) is 11.3 Å². The van der Waals surface area contributed by atoms with Gasteiger partial charge in [-0.3, -0.25) is 10.7 Å². The Balaban J connectivity index is 2.22. The van der Waals surface area contributed by atoms with E-state index in [1.807, 2.05) is 4.90 Å². The second-order valence-electron chi connectivity index (χ2n) is 6.15. The molecule has 0 bridgehead atoms. The van der Waals surface area contributed by atoms with E-state index in [0.717, 1.165) is 38.6 Å². The highest BCUT2D eigenvalue weighted by Crippen LogP contribution is 2.44. The fourth-order valence-electron chi connectivity index (χ4n) is 3.02. The Bertz CT molecular complexity index is 339. The molecule has 2 N–H and O–H groups in total. The highest BCUT2D eigenvalue weighted by Gasteiger charge is 2.52. The molecule has 0 aromatic rings. The van der Waals surface area contributed by atoms with Crippen LogP contribution in [-0.2, 0) is 0 Å². The summed E-state index contributed by atoms with van der Waals surface area (Å²) < 4.78 is 0. The molecule has 1 saturated carbocycles. The monoisotopic (exact) mass is 237 g/mol. The molecule has 17 heavy (non-hydrogen) atoms. The summed E-state index contributed by atoms with van der Waals surface area (Å²) in [5.74, 6) is 0.423. The van der Waals surface area contributed by atoms with Crippen molar-refractivity contribution in [2.75, 3.05) is 6.54 Å². The Hall–Kier alpha value is -1.06. The van der Waals surface area contributed by atoms with Crippen LogP contribution in [0.2, 0.25) is 0 Å². The van der Waals surface area contributed by atoms with Crippen LogP contribution in [-0.4, -0.2) is 28.9 Å². The summed E-state index contributed by atoms with van der Waals surface area (Å²) in [4.78, 5) is 13.8. The van der Waals surface area contributed by atoms with E-state index in [1.165, 1.54) is 0 Å². The third kappa shape index (κ3) is 1.94. The van der Waals surface area contributed by atoms with Crippen molar-refractivity contribution in [1.82, 2.24) is 10.2 Å². The molecule has 2 rings (SSSR count). The van der Waals surface area contributed by atoms with E-state index < -0.39 is 0 Å². The predicted octanol–water partition coefficient (Wildman–Crippen LogP) is 2.74. The zero-order valence-electron chi connectivity index (χ0n) is 11.1. The van der Waals surface area contributed by atoms with Crippen LogP contribution in [0.5, 0.6) is 0 Å². The van der Waals surface area contributed by atoms with E-state index in [1.54, 1.807) is 0 Å². The van der Waals surface area contributed by atoms with Gasteiger partial charge in [0.2, 0.25) is 0 Å². The lowest BCUT2D eigenvalue weighted by molar-refractivity contribution is 0.101.